The molecule has 42 heavy (non-hydrogen) atoms. The maximum Gasteiger partial charge on any atom is 0.320 e. The number of esters is 1. The molecule has 1 aliphatic carbocycles. The van der Waals surface area contributed by atoms with Gasteiger partial charge in [0, 0.05) is 55.6 Å². The molecule has 2 heterocycles. The van der Waals surface area contributed by atoms with Crippen molar-refractivity contribution in [2.75, 3.05) is 51.3 Å². The van der Waals surface area contributed by atoms with Crippen LogP contribution in [-0.4, -0.2) is 72.1 Å². The minimum atomic E-state index is -0.149. The molecule has 224 valence electrons. The van der Waals surface area contributed by atoms with E-state index in [0.717, 1.165) is 75.7 Å². The highest BCUT2D eigenvalue weighted by Gasteiger charge is 2.28. The van der Waals surface area contributed by atoms with Crippen LogP contribution in [0, 0.1) is 6.92 Å². The summed E-state index contributed by atoms with van der Waals surface area (Å²) >= 11 is 0. The van der Waals surface area contributed by atoms with Gasteiger partial charge in [0.2, 0.25) is 0 Å². The molecule has 1 saturated heterocycles. The third-order valence-corrected chi connectivity index (χ3v) is 9.02. The van der Waals surface area contributed by atoms with E-state index < -0.39 is 0 Å². The Morgan fingerprint density at radius 2 is 1.69 bits per heavy atom. The van der Waals surface area contributed by atoms with Crippen molar-refractivity contribution in [3.63, 3.8) is 0 Å². The molecule has 0 unspecified atom stereocenters. The molecular weight excluding hydrogens is 522 g/mol. The molecule has 3 aromatic rings. The first-order valence-corrected chi connectivity index (χ1v) is 15.8. The van der Waals surface area contributed by atoms with Crippen molar-refractivity contribution in [3.8, 4) is 11.4 Å². The van der Waals surface area contributed by atoms with Crippen LogP contribution in [0.5, 0.6) is 0 Å². The number of rotatable bonds is 10. The Bertz CT molecular complexity index is 1360. The van der Waals surface area contributed by atoms with Gasteiger partial charge in [-0.2, -0.15) is 0 Å². The van der Waals surface area contributed by atoms with Gasteiger partial charge in [0.05, 0.1) is 13.2 Å². The van der Waals surface area contributed by atoms with E-state index in [-0.39, 0.29) is 5.97 Å². The van der Waals surface area contributed by atoms with Crippen LogP contribution < -0.4 is 4.90 Å². The van der Waals surface area contributed by atoms with Crippen molar-refractivity contribution in [1.82, 2.24) is 19.8 Å². The Labute approximate surface area is 251 Å². The highest BCUT2D eigenvalue weighted by molar-refractivity contribution is 5.71. The van der Waals surface area contributed by atoms with Crippen LogP contribution in [0.4, 0.5) is 5.82 Å². The molecule has 0 radical (unpaired) electrons. The van der Waals surface area contributed by atoms with Crippen LogP contribution in [-0.2, 0) is 35.3 Å². The van der Waals surface area contributed by atoms with Crippen LogP contribution in [0.3, 0.4) is 0 Å². The number of carbonyl (C=O) groups excluding carboxylic acids is 1. The largest absolute Gasteiger partial charge is 0.465 e. The molecule has 1 atom stereocenters. The van der Waals surface area contributed by atoms with Crippen molar-refractivity contribution >= 4 is 11.8 Å². The second kappa shape index (κ2) is 13.8. The van der Waals surface area contributed by atoms with Crippen molar-refractivity contribution in [3.05, 3.63) is 76.0 Å². The van der Waals surface area contributed by atoms with E-state index in [1.807, 2.05) is 6.92 Å². The number of aryl methyl sites for hydroxylation is 4. The van der Waals surface area contributed by atoms with Gasteiger partial charge in [-0.15, -0.1) is 0 Å². The zero-order valence-corrected chi connectivity index (χ0v) is 26.2. The summed E-state index contributed by atoms with van der Waals surface area (Å²) in [5, 5.41) is 0. The monoisotopic (exact) mass is 569 g/mol. The Morgan fingerprint density at radius 3 is 2.38 bits per heavy atom. The lowest BCUT2D eigenvalue weighted by molar-refractivity contribution is -0.144. The topological polar surface area (TPSA) is 61.8 Å². The Kier molecular flexibility index (Phi) is 9.91. The summed E-state index contributed by atoms with van der Waals surface area (Å²) in [6, 6.07) is 15.9. The lowest BCUT2D eigenvalue weighted by atomic mass is 9.87. The quantitative estimate of drug-likeness (QED) is 0.287. The number of hydrogen-bond acceptors (Lipinski definition) is 7. The summed E-state index contributed by atoms with van der Waals surface area (Å²) in [6.07, 6.45) is 5.42. The molecule has 2 aromatic carbocycles. The molecule has 0 saturated carbocycles. The summed E-state index contributed by atoms with van der Waals surface area (Å²) in [6.45, 7) is 13.2. The second-order valence-corrected chi connectivity index (χ2v) is 11.7. The maximum atomic E-state index is 12.1. The maximum absolute atomic E-state index is 12.1. The molecule has 5 rings (SSSR count). The lowest BCUT2D eigenvalue weighted by Crippen LogP contribution is -2.49. The predicted octanol–water partition coefficient (Wildman–Crippen LogP) is 5.77. The third-order valence-electron chi connectivity index (χ3n) is 9.02. The number of benzene rings is 2. The standard InChI is InChI=1S/C35H47N5O2/c1-6-26-14-11-15-27(7-2)33(26)34-36-25(4)30(23-38(5)31-18-12-16-28-13-9-10-17-29(28)31)35(37-34)40-21-19-39(20-22-40)24-32(41)42-8-3/h9-11,13-15,17,31H,6-8,12,16,18-24H2,1-5H3/t31-/m0/s1. The first kappa shape index (κ1) is 30.2. The van der Waals surface area contributed by atoms with Gasteiger partial charge >= 0.3 is 5.97 Å². The minimum absolute atomic E-state index is 0.149. The van der Waals surface area contributed by atoms with Crippen molar-refractivity contribution in [2.45, 2.75) is 72.4 Å². The Balaban J connectivity index is 1.50. The first-order valence-electron chi connectivity index (χ1n) is 15.8. The van der Waals surface area contributed by atoms with E-state index in [4.69, 9.17) is 14.7 Å². The fraction of sp³-hybridized carbons (Fsp3) is 0.514. The van der Waals surface area contributed by atoms with Crippen LogP contribution in [0.15, 0.2) is 42.5 Å². The molecule has 0 N–H and O–H groups in total. The fourth-order valence-electron chi connectivity index (χ4n) is 6.72. The summed E-state index contributed by atoms with van der Waals surface area (Å²) in [5.41, 5.74) is 8.97. The van der Waals surface area contributed by atoms with E-state index in [1.54, 1.807) is 0 Å². The zero-order valence-electron chi connectivity index (χ0n) is 26.2. The van der Waals surface area contributed by atoms with E-state index in [1.165, 1.54) is 39.8 Å². The molecule has 7 heteroatoms. The number of ether oxygens (including phenoxy) is 1. The predicted molar refractivity (Wildman–Crippen MR) is 170 cm³/mol. The molecule has 1 aromatic heterocycles. The fourth-order valence-corrected chi connectivity index (χ4v) is 6.72. The third kappa shape index (κ3) is 6.52. The highest BCUT2D eigenvalue weighted by Crippen LogP contribution is 2.36. The molecular formula is C35H47N5O2. The van der Waals surface area contributed by atoms with Crippen molar-refractivity contribution in [1.29, 1.82) is 0 Å². The van der Waals surface area contributed by atoms with Gasteiger partial charge in [-0.1, -0.05) is 56.3 Å². The van der Waals surface area contributed by atoms with Crippen LogP contribution in [0.1, 0.15) is 73.2 Å². The van der Waals surface area contributed by atoms with Gasteiger partial charge in [-0.3, -0.25) is 14.6 Å². The van der Waals surface area contributed by atoms with Gasteiger partial charge in [0.25, 0.3) is 0 Å². The average Bonchev–Trinajstić information content (AvgIpc) is 3.01. The number of nitrogens with zero attached hydrogens (tertiary/aromatic N) is 5. The van der Waals surface area contributed by atoms with E-state index >= 15 is 0 Å². The van der Waals surface area contributed by atoms with Crippen molar-refractivity contribution < 1.29 is 9.53 Å². The summed E-state index contributed by atoms with van der Waals surface area (Å²) < 4.78 is 5.21. The summed E-state index contributed by atoms with van der Waals surface area (Å²) in [7, 11) is 2.25. The van der Waals surface area contributed by atoms with E-state index in [9.17, 15) is 4.79 Å². The number of carbonyl (C=O) groups is 1. The highest BCUT2D eigenvalue weighted by atomic mass is 16.5. The van der Waals surface area contributed by atoms with Gasteiger partial charge in [0.1, 0.15) is 5.82 Å². The lowest BCUT2D eigenvalue weighted by Gasteiger charge is -2.37. The summed E-state index contributed by atoms with van der Waals surface area (Å²) in [4.78, 5) is 29.8. The van der Waals surface area contributed by atoms with Crippen LogP contribution in [0.2, 0.25) is 0 Å². The molecule has 0 amide bonds. The normalized spacial score (nSPS) is 17.4. The Hall–Kier alpha value is -3.29. The van der Waals surface area contributed by atoms with E-state index in [0.29, 0.717) is 19.2 Å². The number of hydrogen-bond donors (Lipinski definition) is 0. The average molecular weight is 570 g/mol. The van der Waals surface area contributed by atoms with Gasteiger partial charge in [-0.05, 0) is 75.3 Å². The van der Waals surface area contributed by atoms with E-state index in [2.05, 4.69) is 85.0 Å². The SMILES string of the molecule is CCOC(=O)CN1CCN(c2nc(-c3c(CC)cccc3CC)nc(C)c2CN(C)[C@H]2CCCc3ccccc32)CC1. The van der Waals surface area contributed by atoms with Gasteiger partial charge in [-0.25, -0.2) is 9.97 Å². The second-order valence-electron chi connectivity index (χ2n) is 11.7. The van der Waals surface area contributed by atoms with Crippen LogP contribution in [0.25, 0.3) is 11.4 Å². The molecule has 7 nitrogen and oxygen atoms in total. The number of anilines is 1. The number of fused-ring (bicyclic) bond motifs is 1. The van der Waals surface area contributed by atoms with Gasteiger partial charge < -0.3 is 9.64 Å². The minimum Gasteiger partial charge on any atom is -0.465 e. The number of aromatic nitrogens is 2. The molecule has 2 aliphatic rings. The zero-order chi connectivity index (χ0) is 29.6. The molecule has 0 spiro atoms. The van der Waals surface area contributed by atoms with Crippen molar-refractivity contribution in [2.24, 2.45) is 0 Å². The summed E-state index contributed by atoms with van der Waals surface area (Å²) in [5.74, 6) is 1.72. The number of piperazine rings is 1. The molecule has 0 bridgehead atoms. The molecule has 1 fully saturated rings. The van der Waals surface area contributed by atoms with Gasteiger partial charge in [0.15, 0.2) is 5.82 Å². The first-order chi connectivity index (χ1) is 20.4. The smallest absolute Gasteiger partial charge is 0.320 e. The Morgan fingerprint density at radius 1 is 0.976 bits per heavy atom. The van der Waals surface area contributed by atoms with Crippen LogP contribution >= 0.6 is 0 Å². The molecule has 1 aliphatic heterocycles.